The number of hydrogen-bond donors (Lipinski definition) is 0. The molecule has 2 nitrogen and oxygen atoms in total. The van der Waals surface area contributed by atoms with Crippen LogP contribution in [0, 0.1) is 12.3 Å². The van der Waals surface area contributed by atoms with Crippen LogP contribution in [0.2, 0.25) is 0 Å². The Balaban J connectivity index is 2.54. The molecule has 1 aliphatic rings. The molecule has 17 heavy (non-hydrogen) atoms. The van der Waals surface area contributed by atoms with Gasteiger partial charge in [0.2, 0.25) is 5.91 Å². The van der Waals surface area contributed by atoms with Crippen LogP contribution in [0.25, 0.3) is 0 Å². The van der Waals surface area contributed by atoms with Crippen LogP contribution >= 0.6 is 0 Å². The van der Waals surface area contributed by atoms with Crippen molar-refractivity contribution in [3.63, 3.8) is 0 Å². The Hall–Kier alpha value is -1.75. The summed E-state index contributed by atoms with van der Waals surface area (Å²) in [6.45, 7) is 6.15. The predicted molar refractivity (Wildman–Crippen MR) is 69.9 cm³/mol. The van der Waals surface area contributed by atoms with Gasteiger partial charge < -0.3 is 4.90 Å². The topological polar surface area (TPSA) is 20.3 Å². The molecule has 2 rings (SSSR count). The summed E-state index contributed by atoms with van der Waals surface area (Å²) in [6, 6.07) is 5.88. The van der Waals surface area contributed by atoms with Gasteiger partial charge in [-0.3, -0.25) is 4.79 Å². The number of carbonyl (C=O) groups excluding carboxylic acids is 1. The van der Waals surface area contributed by atoms with Crippen molar-refractivity contribution < 1.29 is 4.79 Å². The molecule has 0 saturated carbocycles. The molecular weight excluding hydrogens is 210 g/mol. The number of terminal acetylenes is 1. The highest BCUT2D eigenvalue weighted by Crippen LogP contribution is 2.33. The largest absolute Gasteiger partial charge is 0.307 e. The molecule has 0 aromatic heterocycles. The van der Waals surface area contributed by atoms with Crippen molar-refractivity contribution in [2.45, 2.75) is 39.2 Å². The van der Waals surface area contributed by atoms with Crippen molar-refractivity contribution in [1.29, 1.82) is 0 Å². The summed E-state index contributed by atoms with van der Waals surface area (Å²) < 4.78 is 0. The Morgan fingerprint density at radius 3 is 2.59 bits per heavy atom. The second-order valence-electron chi connectivity index (χ2n) is 5.39. The van der Waals surface area contributed by atoms with E-state index < -0.39 is 0 Å². The number of aryl methyl sites for hydroxylation is 1. The molecule has 0 fully saturated rings. The Morgan fingerprint density at radius 2 is 2.00 bits per heavy atom. The van der Waals surface area contributed by atoms with Crippen LogP contribution in [0.1, 0.15) is 38.3 Å². The van der Waals surface area contributed by atoms with Gasteiger partial charge in [-0.15, -0.1) is 6.42 Å². The van der Waals surface area contributed by atoms with E-state index in [4.69, 9.17) is 6.42 Å². The standard InChI is InChI=1S/C15H17NO/c1-5-11-6-8-13-12(10-11)7-9-14(17)16(13)15(2,3)4/h1,6,8,10H,7,9H2,2-4H3. The molecule has 1 heterocycles. The maximum absolute atomic E-state index is 12.0. The van der Waals surface area contributed by atoms with Gasteiger partial charge in [0.05, 0.1) is 0 Å². The summed E-state index contributed by atoms with van der Waals surface area (Å²) in [5, 5.41) is 0. The Morgan fingerprint density at radius 1 is 1.29 bits per heavy atom. The summed E-state index contributed by atoms with van der Waals surface area (Å²) in [5.41, 5.74) is 2.87. The quantitative estimate of drug-likeness (QED) is 0.624. The highest BCUT2D eigenvalue weighted by atomic mass is 16.2. The molecule has 2 heteroatoms. The minimum absolute atomic E-state index is 0.191. The Kier molecular flexibility index (Phi) is 2.71. The highest BCUT2D eigenvalue weighted by Gasteiger charge is 2.32. The summed E-state index contributed by atoms with van der Waals surface area (Å²) in [6.07, 6.45) is 6.76. The lowest BCUT2D eigenvalue weighted by Crippen LogP contribution is -2.48. The lowest BCUT2D eigenvalue weighted by molar-refractivity contribution is -0.119. The summed E-state index contributed by atoms with van der Waals surface area (Å²) in [4.78, 5) is 13.9. The zero-order valence-corrected chi connectivity index (χ0v) is 10.6. The van der Waals surface area contributed by atoms with E-state index in [0.717, 1.165) is 17.7 Å². The average Bonchev–Trinajstić information content (AvgIpc) is 2.26. The van der Waals surface area contributed by atoms with Gasteiger partial charge in [0.25, 0.3) is 0 Å². The number of amides is 1. The van der Waals surface area contributed by atoms with Crippen molar-refractivity contribution in [1.82, 2.24) is 0 Å². The molecule has 0 saturated heterocycles. The first-order chi connectivity index (χ1) is 7.93. The zero-order valence-electron chi connectivity index (χ0n) is 10.6. The molecule has 0 radical (unpaired) electrons. The van der Waals surface area contributed by atoms with Gasteiger partial charge in [0, 0.05) is 23.2 Å². The van der Waals surface area contributed by atoms with Gasteiger partial charge >= 0.3 is 0 Å². The van der Waals surface area contributed by atoms with Crippen molar-refractivity contribution in [3.05, 3.63) is 29.3 Å². The van der Waals surface area contributed by atoms with E-state index in [1.165, 1.54) is 5.56 Å². The van der Waals surface area contributed by atoms with E-state index in [9.17, 15) is 4.79 Å². The molecule has 0 bridgehead atoms. The summed E-state index contributed by atoms with van der Waals surface area (Å²) in [7, 11) is 0. The van der Waals surface area contributed by atoms with Crippen molar-refractivity contribution in [2.24, 2.45) is 0 Å². The number of benzene rings is 1. The van der Waals surface area contributed by atoms with Gasteiger partial charge in [-0.05, 0) is 51.0 Å². The maximum Gasteiger partial charge on any atom is 0.227 e. The smallest absolute Gasteiger partial charge is 0.227 e. The summed E-state index contributed by atoms with van der Waals surface area (Å²) >= 11 is 0. The number of rotatable bonds is 0. The number of hydrogen-bond acceptors (Lipinski definition) is 1. The molecule has 0 N–H and O–H groups in total. The maximum atomic E-state index is 12.0. The van der Waals surface area contributed by atoms with Crippen molar-refractivity contribution in [3.8, 4) is 12.3 Å². The van der Waals surface area contributed by atoms with E-state index in [-0.39, 0.29) is 11.4 Å². The van der Waals surface area contributed by atoms with Gasteiger partial charge in [-0.25, -0.2) is 0 Å². The zero-order chi connectivity index (χ0) is 12.6. The Bertz CT molecular complexity index is 503. The molecule has 1 aliphatic heterocycles. The molecular formula is C15H17NO. The van der Waals surface area contributed by atoms with Gasteiger partial charge in [0.1, 0.15) is 0 Å². The molecule has 1 aromatic carbocycles. The fourth-order valence-electron chi connectivity index (χ4n) is 2.32. The van der Waals surface area contributed by atoms with Gasteiger partial charge in [-0.2, -0.15) is 0 Å². The third kappa shape index (κ3) is 2.06. The fraction of sp³-hybridized carbons (Fsp3) is 0.400. The van der Waals surface area contributed by atoms with E-state index in [1.807, 2.05) is 23.1 Å². The monoisotopic (exact) mass is 227 g/mol. The second-order valence-corrected chi connectivity index (χ2v) is 5.39. The molecule has 88 valence electrons. The number of carbonyl (C=O) groups is 1. The molecule has 0 atom stereocenters. The first-order valence-corrected chi connectivity index (χ1v) is 5.86. The lowest BCUT2D eigenvalue weighted by Gasteiger charge is -2.39. The van der Waals surface area contributed by atoms with Gasteiger partial charge in [0.15, 0.2) is 0 Å². The first kappa shape index (κ1) is 11.7. The molecule has 0 aliphatic carbocycles. The number of anilines is 1. The van der Waals surface area contributed by atoms with Crippen molar-refractivity contribution >= 4 is 11.6 Å². The van der Waals surface area contributed by atoms with Crippen LogP contribution in [0.5, 0.6) is 0 Å². The van der Waals surface area contributed by atoms with E-state index >= 15 is 0 Å². The van der Waals surface area contributed by atoms with Crippen LogP contribution in [0.3, 0.4) is 0 Å². The summed E-state index contributed by atoms with van der Waals surface area (Å²) in [5.74, 6) is 2.83. The van der Waals surface area contributed by atoms with Crippen LogP contribution in [-0.2, 0) is 11.2 Å². The van der Waals surface area contributed by atoms with Gasteiger partial charge in [-0.1, -0.05) is 5.92 Å². The average molecular weight is 227 g/mol. The third-order valence-electron chi connectivity index (χ3n) is 3.02. The Labute approximate surface area is 103 Å². The molecule has 1 amide bonds. The van der Waals surface area contributed by atoms with Crippen LogP contribution in [-0.4, -0.2) is 11.4 Å². The minimum Gasteiger partial charge on any atom is -0.307 e. The third-order valence-corrected chi connectivity index (χ3v) is 3.02. The normalized spacial score (nSPS) is 15.4. The SMILES string of the molecule is C#Cc1ccc2c(c1)CCC(=O)N2C(C)(C)C. The van der Waals surface area contributed by atoms with Crippen LogP contribution in [0.4, 0.5) is 5.69 Å². The molecule has 0 unspecified atom stereocenters. The predicted octanol–water partition coefficient (Wildman–Crippen LogP) is 2.75. The minimum atomic E-state index is -0.191. The van der Waals surface area contributed by atoms with E-state index in [1.54, 1.807) is 0 Å². The lowest BCUT2D eigenvalue weighted by atomic mass is 9.94. The number of nitrogens with zero attached hydrogens (tertiary/aromatic N) is 1. The van der Waals surface area contributed by atoms with Crippen LogP contribution in [0.15, 0.2) is 18.2 Å². The van der Waals surface area contributed by atoms with Crippen molar-refractivity contribution in [2.75, 3.05) is 4.90 Å². The fourth-order valence-corrected chi connectivity index (χ4v) is 2.32. The van der Waals surface area contributed by atoms with E-state index in [2.05, 4.69) is 26.7 Å². The molecule has 1 aromatic rings. The van der Waals surface area contributed by atoms with E-state index in [0.29, 0.717) is 6.42 Å². The number of fused-ring (bicyclic) bond motifs is 1. The second kappa shape index (κ2) is 3.92. The molecule has 0 spiro atoms. The van der Waals surface area contributed by atoms with Crippen LogP contribution < -0.4 is 4.90 Å². The highest BCUT2D eigenvalue weighted by molar-refractivity contribution is 5.97. The first-order valence-electron chi connectivity index (χ1n) is 5.86.